The van der Waals surface area contributed by atoms with Gasteiger partial charge in [-0.1, -0.05) is 36.4 Å². The summed E-state index contributed by atoms with van der Waals surface area (Å²) in [4.78, 5) is 12.5. The number of nitriles is 1. The number of ether oxygens (including phenoxy) is 1. The maximum absolute atomic E-state index is 12.5. The molecule has 0 fully saturated rings. The molecule has 0 aliphatic rings. The Kier molecular flexibility index (Phi) is 6.53. The van der Waals surface area contributed by atoms with Crippen molar-refractivity contribution in [3.8, 4) is 11.8 Å². The van der Waals surface area contributed by atoms with Crippen LogP contribution >= 0.6 is 15.9 Å². The van der Waals surface area contributed by atoms with Gasteiger partial charge in [0, 0.05) is 11.4 Å². The van der Waals surface area contributed by atoms with Gasteiger partial charge in [0.1, 0.15) is 24.0 Å². The number of rotatable bonds is 6. The smallest absolute Gasteiger partial charge is 0.280 e. The Hall–Kier alpha value is -3.30. The van der Waals surface area contributed by atoms with Gasteiger partial charge in [0.2, 0.25) is 0 Å². The predicted molar refractivity (Wildman–Crippen MR) is 117 cm³/mol. The maximum atomic E-state index is 12.5. The molecule has 2 aromatic carbocycles. The van der Waals surface area contributed by atoms with Crippen LogP contribution in [-0.2, 0) is 11.4 Å². The number of nitrogens with zero attached hydrogens (tertiary/aromatic N) is 2. The lowest BCUT2D eigenvalue weighted by atomic mass is 10.1. The SMILES string of the molecule is Cc1ccc(C)n1NC(=O)/C(C#N)=C\c1ccc(OCc2ccccc2)c(Br)c1. The first-order valence-electron chi connectivity index (χ1n) is 9.02. The molecule has 6 heteroatoms. The minimum atomic E-state index is -0.463. The number of nitrogens with one attached hydrogen (secondary N) is 1. The number of carbonyl (C=O) groups excluding carboxylic acids is 1. The molecule has 1 heterocycles. The summed E-state index contributed by atoms with van der Waals surface area (Å²) < 4.78 is 8.24. The lowest BCUT2D eigenvalue weighted by Gasteiger charge is -2.11. The first kappa shape index (κ1) is 20.4. The van der Waals surface area contributed by atoms with Gasteiger partial charge in [-0.25, -0.2) is 0 Å². The van der Waals surface area contributed by atoms with Gasteiger partial charge < -0.3 is 4.74 Å². The van der Waals surface area contributed by atoms with E-state index in [1.807, 2.05) is 80.6 Å². The molecular formula is C23H20BrN3O2. The molecule has 0 saturated carbocycles. The molecule has 3 aromatic rings. The Labute approximate surface area is 178 Å². The Morgan fingerprint density at radius 2 is 1.83 bits per heavy atom. The maximum Gasteiger partial charge on any atom is 0.280 e. The molecule has 146 valence electrons. The number of benzene rings is 2. The van der Waals surface area contributed by atoms with Crippen LogP contribution in [0.2, 0.25) is 0 Å². The minimum absolute atomic E-state index is 0.0161. The summed E-state index contributed by atoms with van der Waals surface area (Å²) in [5.41, 5.74) is 6.32. The first-order chi connectivity index (χ1) is 14.0. The van der Waals surface area contributed by atoms with Crippen LogP contribution in [0, 0.1) is 25.2 Å². The minimum Gasteiger partial charge on any atom is -0.488 e. The number of aryl methyl sites for hydroxylation is 2. The summed E-state index contributed by atoms with van der Waals surface area (Å²) in [5, 5.41) is 9.43. The fraction of sp³-hybridized carbons (Fsp3) is 0.130. The molecule has 0 unspecified atom stereocenters. The van der Waals surface area contributed by atoms with Crippen molar-refractivity contribution in [2.75, 3.05) is 5.43 Å². The standard InChI is InChI=1S/C23H20BrN3O2/c1-16-8-9-17(2)27(16)26-23(28)20(14-25)12-19-10-11-22(21(24)13-19)29-15-18-6-4-3-5-7-18/h3-13H,15H2,1-2H3,(H,26,28)/b20-12-. The van der Waals surface area contributed by atoms with Crippen LogP contribution in [0.1, 0.15) is 22.5 Å². The van der Waals surface area contributed by atoms with E-state index in [9.17, 15) is 10.1 Å². The molecule has 0 aliphatic carbocycles. The van der Waals surface area contributed by atoms with Crippen molar-refractivity contribution in [3.05, 3.63) is 93.2 Å². The molecule has 5 nitrogen and oxygen atoms in total. The Bertz CT molecular complexity index is 1080. The third-order valence-corrected chi connectivity index (χ3v) is 4.97. The highest BCUT2D eigenvalue weighted by atomic mass is 79.9. The molecule has 0 atom stereocenters. The van der Waals surface area contributed by atoms with Gasteiger partial charge in [0.25, 0.3) is 5.91 Å². The molecule has 0 bridgehead atoms. The molecule has 0 radical (unpaired) electrons. The average molecular weight is 450 g/mol. The quantitative estimate of drug-likeness (QED) is 0.419. The zero-order valence-corrected chi connectivity index (χ0v) is 17.7. The number of aromatic nitrogens is 1. The largest absolute Gasteiger partial charge is 0.488 e. The van der Waals surface area contributed by atoms with Crippen molar-refractivity contribution < 1.29 is 9.53 Å². The fourth-order valence-corrected chi connectivity index (χ4v) is 3.29. The zero-order chi connectivity index (χ0) is 20.8. The van der Waals surface area contributed by atoms with E-state index in [1.54, 1.807) is 10.8 Å². The summed E-state index contributed by atoms with van der Waals surface area (Å²) in [6.45, 7) is 4.22. The van der Waals surface area contributed by atoms with Crippen LogP contribution in [-0.4, -0.2) is 10.6 Å². The Balaban J connectivity index is 1.73. The topological polar surface area (TPSA) is 67.0 Å². The van der Waals surface area contributed by atoms with E-state index >= 15 is 0 Å². The van der Waals surface area contributed by atoms with Gasteiger partial charge in [-0.05, 0) is 71.2 Å². The number of amides is 1. The second-order valence-electron chi connectivity index (χ2n) is 6.53. The van der Waals surface area contributed by atoms with Crippen LogP contribution in [0.3, 0.4) is 0 Å². The predicted octanol–water partition coefficient (Wildman–Crippen LogP) is 5.12. The second-order valence-corrected chi connectivity index (χ2v) is 7.38. The third-order valence-electron chi connectivity index (χ3n) is 4.35. The van der Waals surface area contributed by atoms with Crippen LogP contribution in [0.5, 0.6) is 5.75 Å². The van der Waals surface area contributed by atoms with Gasteiger partial charge in [-0.3, -0.25) is 14.9 Å². The summed E-state index contributed by atoms with van der Waals surface area (Å²) >= 11 is 3.50. The first-order valence-corrected chi connectivity index (χ1v) is 9.81. The lowest BCUT2D eigenvalue weighted by Crippen LogP contribution is -2.25. The van der Waals surface area contributed by atoms with Crippen molar-refractivity contribution in [3.63, 3.8) is 0 Å². The van der Waals surface area contributed by atoms with E-state index < -0.39 is 5.91 Å². The zero-order valence-electron chi connectivity index (χ0n) is 16.1. The molecule has 0 saturated heterocycles. The van der Waals surface area contributed by atoms with E-state index in [2.05, 4.69) is 21.4 Å². The normalized spacial score (nSPS) is 11.0. The van der Waals surface area contributed by atoms with Crippen molar-refractivity contribution in [1.29, 1.82) is 5.26 Å². The van der Waals surface area contributed by atoms with Crippen molar-refractivity contribution in [1.82, 2.24) is 4.68 Å². The summed E-state index contributed by atoms with van der Waals surface area (Å²) in [6, 6.07) is 21.1. The van der Waals surface area contributed by atoms with Crippen molar-refractivity contribution >= 4 is 27.9 Å². The highest BCUT2D eigenvalue weighted by Gasteiger charge is 2.12. The van der Waals surface area contributed by atoms with E-state index in [4.69, 9.17) is 4.74 Å². The van der Waals surface area contributed by atoms with Gasteiger partial charge in [-0.15, -0.1) is 0 Å². The van der Waals surface area contributed by atoms with Gasteiger partial charge in [0.05, 0.1) is 4.47 Å². The molecule has 1 aromatic heterocycles. The third kappa shape index (κ3) is 5.15. The summed E-state index contributed by atoms with van der Waals surface area (Å²) in [5.74, 6) is 0.225. The molecule has 0 spiro atoms. The van der Waals surface area contributed by atoms with Gasteiger partial charge in [0.15, 0.2) is 0 Å². The number of hydrogen-bond donors (Lipinski definition) is 1. The lowest BCUT2D eigenvalue weighted by molar-refractivity contribution is -0.113. The van der Waals surface area contributed by atoms with E-state index in [-0.39, 0.29) is 5.57 Å². The van der Waals surface area contributed by atoms with Crippen molar-refractivity contribution in [2.24, 2.45) is 0 Å². The Morgan fingerprint density at radius 1 is 1.14 bits per heavy atom. The van der Waals surface area contributed by atoms with Gasteiger partial charge >= 0.3 is 0 Å². The second kappa shape index (κ2) is 9.26. The number of carbonyl (C=O) groups is 1. The van der Waals surface area contributed by atoms with Crippen LogP contribution in [0.15, 0.2) is 70.7 Å². The molecule has 29 heavy (non-hydrogen) atoms. The number of hydrogen-bond acceptors (Lipinski definition) is 3. The molecular weight excluding hydrogens is 430 g/mol. The van der Waals surface area contributed by atoms with E-state index in [1.165, 1.54) is 0 Å². The van der Waals surface area contributed by atoms with Crippen LogP contribution < -0.4 is 10.2 Å². The van der Waals surface area contributed by atoms with Crippen molar-refractivity contribution in [2.45, 2.75) is 20.5 Å². The van der Waals surface area contributed by atoms with E-state index in [0.717, 1.165) is 27.0 Å². The monoisotopic (exact) mass is 449 g/mol. The summed E-state index contributed by atoms with van der Waals surface area (Å²) in [7, 11) is 0. The number of halogens is 1. The highest BCUT2D eigenvalue weighted by Crippen LogP contribution is 2.27. The molecule has 1 N–H and O–H groups in total. The average Bonchev–Trinajstić information content (AvgIpc) is 3.04. The van der Waals surface area contributed by atoms with Crippen LogP contribution in [0.4, 0.5) is 0 Å². The molecule has 3 rings (SSSR count). The van der Waals surface area contributed by atoms with Gasteiger partial charge in [-0.2, -0.15) is 5.26 Å². The van der Waals surface area contributed by atoms with E-state index in [0.29, 0.717) is 12.4 Å². The van der Waals surface area contributed by atoms with Crippen LogP contribution in [0.25, 0.3) is 6.08 Å². The molecule has 1 amide bonds. The Morgan fingerprint density at radius 3 is 2.45 bits per heavy atom. The summed E-state index contributed by atoms with van der Waals surface area (Å²) in [6.07, 6.45) is 1.55. The fourth-order valence-electron chi connectivity index (χ4n) is 2.78. The highest BCUT2D eigenvalue weighted by molar-refractivity contribution is 9.10. The molecule has 0 aliphatic heterocycles.